The number of nitrogens with zero attached hydrogens (tertiary/aromatic N) is 3. The summed E-state index contributed by atoms with van der Waals surface area (Å²) in [5.41, 5.74) is 2.16. The van der Waals surface area contributed by atoms with Crippen LogP contribution in [0.25, 0.3) is 0 Å². The van der Waals surface area contributed by atoms with Crippen LogP contribution in [0.3, 0.4) is 0 Å². The van der Waals surface area contributed by atoms with Crippen molar-refractivity contribution in [3.63, 3.8) is 0 Å². The molecule has 0 saturated heterocycles. The Kier molecular flexibility index (Phi) is 7.04. The van der Waals surface area contributed by atoms with Crippen LogP contribution < -0.4 is 5.32 Å². The number of carboxylic acid groups (broad SMARTS) is 1. The van der Waals surface area contributed by atoms with Crippen LogP contribution in [0.4, 0.5) is 13.2 Å². The average molecular weight is 442 g/mol. The second-order valence-corrected chi connectivity index (χ2v) is 7.94. The van der Waals surface area contributed by atoms with Crippen molar-refractivity contribution in [2.75, 3.05) is 13.1 Å². The Morgan fingerprint density at radius 1 is 1.32 bits per heavy atom. The number of aliphatic carboxylic acids is 1. The van der Waals surface area contributed by atoms with E-state index in [9.17, 15) is 18.0 Å². The van der Waals surface area contributed by atoms with Crippen LogP contribution in [0.1, 0.15) is 30.0 Å². The van der Waals surface area contributed by atoms with Crippen molar-refractivity contribution in [2.24, 2.45) is 11.8 Å². The van der Waals surface area contributed by atoms with Gasteiger partial charge in [0.25, 0.3) is 0 Å². The smallest absolute Gasteiger partial charge is 0.475 e. The van der Waals surface area contributed by atoms with Gasteiger partial charge in [-0.3, -0.25) is 9.69 Å². The number of halogens is 3. The summed E-state index contributed by atoms with van der Waals surface area (Å²) in [5, 5.41) is 14.4. The molecule has 2 N–H and O–H groups in total. The van der Waals surface area contributed by atoms with Gasteiger partial charge in [-0.15, -0.1) is 0 Å². The predicted octanol–water partition coefficient (Wildman–Crippen LogP) is 2.58. The summed E-state index contributed by atoms with van der Waals surface area (Å²) in [6.07, 6.45) is -0.505. The van der Waals surface area contributed by atoms with E-state index in [1.807, 2.05) is 13.0 Å². The number of hydrogen-bond donors (Lipinski definition) is 2. The molecule has 4 rings (SSSR count). The summed E-state index contributed by atoms with van der Waals surface area (Å²) in [6, 6.07) is 6.15. The Morgan fingerprint density at radius 2 is 2.03 bits per heavy atom. The molecule has 1 unspecified atom stereocenters. The van der Waals surface area contributed by atoms with Gasteiger partial charge < -0.3 is 19.5 Å². The van der Waals surface area contributed by atoms with E-state index in [4.69, 9.17) is 14.4 Å². The van der Waals surface area contributed by atoms with Gasteiger partial charge in [0.2, 0.25) is 5.91 Å². The first-order chi connectivity index (χ1) is 14.6. The van der Waals surface area contributed by atoms with Crippen molar-refractivity contribution >= 4 is 11.9 Å². The van der Waals surface area contributed by atoms with Crippen LogP contribution in [-0.4, -0.2) is 50.9 Å². The fourth-order valence-corrected chi connectivity index (χ4v) is 3.39. The van der Waals surface area contributed by atoms with Crippen molar-refractivity contribution in [1.82, 2.24) is 19.9 Å². The van der Waals surface area contributed by atoms with Gasteiger partial charge >= 0.3 is 12.1 Å². The molecule has 0 aromatic carbocycles. The van der Waals surface area contributed by atoms with E-state index in [2.05, 4.69) is 38.3 Å². The van der Waals surface area contributed by atoms with Gasteiger partial charge in [0.05, 0.1) is 11.6 Å². The lowest BCUT2D eigenvalue weighted by atomic mass is 10.1. The van der Waals surface area contributed by atoms with Crippen molar-refractivity contribution < 1.29 is 32.4 Å². The number of rotatable bonds is 5. The number of carbonyl (C=O) groups excluding carboxylic acids is 1. The maximum absolute atomic E-state index is 12.6. The zero-order chi connectivity index (χ0) is 22.6. The summed E-state index contributed by atoms with van der Waals surface area (Å²) in [5.74, 6) is -1.10. The minimum absolute atomic E-state index is 0.0367. The monoisotopic (exact) mass is 442 g/mol. The highest BCUT2D eigenvalue weighted by Crippen LogP contribution is 2.28. The van der Waals surface area contributed by atoms with Crippen molar-refractivity contribution in [1.29, 1.82) is 0 Å². The lowest BCUT2D eigenvalue weighted by Gasteiger charge is -2.22. The maximum Gasteiger partial charge on any atom is 0.490 e. The van der Waals surface area contributed by atoms with Crippen LogP contribution in [-0.2, 0) is 29.2 Å². The summed E-state index contributed by atoms with van der Waals surface area (Å²) >= 11 is 0. The summed E-state index contributed by atoms with van der Waals surface area (Å²) in [7, 11) is 0. The van der Waals surface area contributed by atoms with Crippen LogP contribution >= 0.6 is 0 Å². The standard InChI is InChI=1S/C18H24N4O2.C2HF3O2/c1-13-7-16(20-24-13)11-21-9-15(18(23)19-8-14-4-5-14)10-22-6-2-3-17(22)12-21;3-2(4,5)1(6)7/h2-3,6-7,14-15H,4-5,8-12H2,1H3,(H,19,23);(H,6,7). The molecule has 0 bridgehead atoms. The van der Waals surface area contributed by atoms with E-state index in [1.165, 1.54) is 18.5 Å². The summed E-state index contributed by atoms with van der Waals surface area (Å²) in [4.78, 5) is 23.8. The molecule has 1 aliphatic carbocycles. The molecule has 31 heavy (non-hydrogen) atoms. The van der Waals surface area contributed by atoms with Crippen LogP contribution in [0.15, 0.2) is 28.9 Å². The van der Waals surface area contributed by atoms with E-state index in [0.717, 1.165) is 37.6 Å². The molecule has 3 heterocycles. The molecule has 1 amide bonds. The van der Waals surface area contributed by atoms with Crippen LogP contribution in [0.2, 0.25) is 0 Å². The maximum atomic E-state index is 12.6. The molecule has 2 aromatic heterocycles. The predicted molar refractivity (Wildman–Crippen MR) is 103 cm³/mol. The Bertz CT molecular complexity index is 904. The Hall–Kier alpha value is -2.82. The second-order valence-electron chi connectivity index (χ2n) is 7.94. The lowest BCUT2D eigenvalue weighted by molar-refractivity contribution is -0.192. The quantitative estimate of drug-likeness (QED) is 0.738. The molecule has 0 spiro atoms. The summed E-state index contributed by atoms with van der Waals surface area (Å²) < 4.78 is 39.1. The first-order valence-electron chi connectivity index (χ1n) is 9.98. The summed E-state index contributed by atoms with van der Waals surface area (Å²) in [6.45, 7) is 5.74. The molecular weight excluding hydrogens is 417 g/mol. The minimum Gasteiger partial charge on any atom is -0.475 e. The van der Waals surface area contributed by atoms with Crippen LogP contribution in [0.5, 0.6) is 0 Å². The first-order valence-corrected chi connectivity index (χ1v) is 9.98. The second kappa shape index (κ2) is 9.54. The van der Waals surface area contributed by atoms with E-state index >= 15 is 0 Å². The SMILES string of the molecule is Cc1cc(CN2Cc3cccn3CC(C(=O)NCC3CC3)C2)no1.O=C(O)C(F)(F)F. The third kappa shape index (κ3) is 6.84. The van der Waals surface area contributed by atoms with E-state index in [0.29, 0.717) is 12.5 Å². The number of nitrogens with one attached hydrogen (secondary N) is 1. The van der Waals surface area contributed by atoms with Crippen molar-refractivity contribution in [3.05, 3.63) is 41.5 Å². The zero-order valence-corrected chi connectivity index (χ0v) is 17.1. The van der Waals surface area contributed by atoms with E-state index < -0.39 is 12.1 Å². The molecule has 0 radical (unpaired) electrons. The Labute approximate surface area is 177 Å². The van der Waals surface area contributed by atoms with Gasteiger partial charge in [-0.05, 0) is 37.8 Å². The van der Waals surface area contributed by atoms with E-state index in [-0.39, 0.29) is 11.8 Å². The molecule has 2 aromatic rings. The number of carboxylic acids is 1. The number of hydrogen-bond acceptors (Lipinski definition) is 5. The van der Waals surface area contributed by atoms with Crippen LogP contribution in [0, 0.1) is 18.8 Å². The third-order valence-corrected chi connectivity index (χ3v) is 5.14. The highest BCUT2D eigenvalue weighted by atomic mass is 19.4. The molecule has 2 aliphatic rings. The Balaban J connectivity index is 0.000000339. The van der Waals surface area contributed by atoms with Gasteiger partial charge in [0.1, 0.15) is 5.76 Å². The Morgan fingerprint density at radius 3 is 2.61 bits per heavy atom. The first kappa shape index (κ1) is 22.9. The molecule has 8 nitrogen and oxygen atoms in total. The van der Waals surface area contributed by atoms with Crippen molar-refractivity contribution in [2.45, 2.75) is 45.6 Å². The number of fused-ring (bicyclic) bond motifs is 1. The van der Waals surface area contributed by atoms with E-state index in [1.54, 1.807) is 0 Å². The minimum atomic E-state index is -5.08. The van der Waals surface area contributed by atoms with Gasteiger partial charge in [-0.1, -0.05) is 5.16 Å². The normalized spacial score (nSPS) is 19.0. The number of alkyl halides is 3. The topological polar surface area (TPSA) is 101 Å². The lowest BCUT2D eigenvalue weighted by Crippen LogP contribution is -2.39. The van der Waals surface area contributed by atoms with Gasteiger partial charge in [-0.25, -0.2) is 4.79 Å². The molecule has 1 atom stereocenters. The number of aryl methyl sites for hydroxylation is 1. The molecule has 1 saturated carbocycles. The fourth-order valence-electron chi connectivity index (χ4n) is 3.39. The molecule has 170 valence electrons. The number of aromatic nitrogens is 2. The van der Waals surface area contributed by atoms with Gasteiger partial charge in [-0.2, -0.15) is 13.2 Å². The van der Waals surface area contributed by atoms with Gasteiger partial charge in [0, 0.05) is 50.7 Å². The van der Waals surface area contributed by atoms with Crippen molar-refractivity contribution in [3.8, 4) is 0 Å². The number of carbonyl (C=O) groups is 2. The largest absolute Gasteiger partial charge is 0.490 e. The third-order valence-electron chi connectivity index (χ3n) is 5.14. The zero-order valence-electron chi connectivity index (χ0n) is 17.1. The van der Waals surface area contributed by atoms with Gasteiger partial charge in [0.15, 0.2) is 0 Å². The molecule has 11 heteroatoms. The fraction of sp³-hybridized carbons (Fsp3) is 0.550. The number of amides is 1. The molecular formula is C20H25F3N4O4. The highest BCUT2D eigenvalue weighted by Gasteiger charge is 2.38. The highest BCUT2D eigenvalue weighted by molar-refractivity contribution is 5.79. The average Bonchev–Trinajstić information content (AvgIpc) is 3.34. The molecule has 1 fully saturated rings. The molecule has 1 aliphatic heterocycles.